The fourth-order valence-corrected chi connectivity index (χ4v) is 2.14. The predicted octanol–water partition coefficient (Wildman–Crippen LogP) is 3.20. The van der Waals surface area contributed by atoms with Crippen molar-refractivity contribution in [3.63, 3.8) is 0 Å². The Kier molecular flexibility index (Phi) is 6.21. The van der Waals surface area contributed by atoms with Crippen LogP contribution in [0.5, 0.6) is 5.75 Å². The van der Waals surface area contributed by atoms with Gasteiger partial charge in [0, 0.05) is 18.9 Å². The summed E-state index contributed by atoms with van der Waals surface area (Å²) in [5.41, 5.74) is 1.55. The first-order valence-electron chi connectivity index (χ1n) is 7.24. The van der Waals surface area contributed by atoms with Crippen molar-refractivity contribution in [3.8, 4) is 5.75 Å². The molecule has 1 N–H and O–H groups in total. The Morgan fingerprint density at radius 1 is 1.33 bits per heavy atom. The maximum absolute atomic E-state index is 11.8. The van der Waals surface area contributed by atoms with Crippen LogP contribution in [0.2, 0.25) is 0 Å². The zero-order valence-corrected chi connectivity index (χ0v) is 13.6. The topological polar surface area (TPSA) is 55.8 Å². The van der Waals surface area contributed by atoms with Crippen molar-refractivity contribution in [1.82, 2.24) is 0 Å². The van der Waals surface area contributed by atoms with Crippen molar-refractivity contribution in [1.29, 1.82) is 0 Å². The Balaban J connectivity index is 2.69. The molecular formula is C17H26O4. The van der Waals surface area contributed by atoms with Crippen LogP contribution in [-0.4, -0.2) is 30.4 Å². The van der Waals surface area contributed by atoms with Gasteiger partial charge < -0.3 is 14.6 Å². The van der Waals surface area contributed by atoms with Crippen LogP contribution in [0.3, 0.4) is 0 Å². The Hall–Kier alpha value is -1.55. The fourth-order valence-electron chi connectivity index (χ4n) is 2.14. The first-order chi connectivity index (χ1) is 9.76. The third kappa shape index (κ3) is 5.76. The molecule has 1 aromatic rings. The number of aryl methyl sites for hydroxylation is 1. The van der Waals surface area contributed by atoms with E-state index < -0.39 is 5.60 Å². The summed E-state index contributed by atoms with van der Waals surface area (Å²) in [7, 11) is 1.63. The molecule has 0 saturated heterocycles. The number of hydrogen-bond acceptors (Lipinski definition) is 4. The highest BCUT2D eigenvalue weighted by molar-refractivity contribution is 5.69. The number of esters is 1. The van der Waals surface area contributed by atoms with Crippen LogP contribution in [0.25, 0.3) is 0 Å². The molecule has 0 radical (unpaired) electrons. The van der Waals surface area contributed by atoms with Crippen LogP contribution in [0.1, 0.15) is 50.7 Å². The molecule has 0 saturated carbocycles. The van der Waals surface area contributed by atoms with Gasteiger partial charge in [0.1, 0.15) is 11.4 Å². The Bertz CT molecular complexity index is 474. The van der Waals surface area contributed by atoms with Gasteiger partial charge in [-0.15, -0.1) is 0 Å². The number of rotatable bonds is 6. The SMILES string of the molecule is COc1cc([C@@H](CO)CCC(=O)OC(C)(C)C)ccc1C. The van der Waals surface area contributed by atoms with E-state index in [4.69, 9.17) is 9.47 Å². The maximum Gasteiger partial charge on any atom is 0.306 e. The summed E-state index contributed by atoms with van der Waals surface area (Å²) in [6.07, 6.45) is 0.844. The molecule has 0 aliphatic rings. The summed E-state index contributed by atoms with van der Waals surface area (Å²) in [5.74, 6) is 0.468. The molecule has 4 heteroatoms. The number of carbonyl (C=O) groups excluding carboxylic acids is 1. The molecule has 1 atom stereocenters. The van der Waals surface area contributed by atoms with Crippen LogP contribution in [0, 0.1) is 6.92 Å². The molecule has 0 bridgehead atoms. The highest BCUT2D eigenvalue weighted by Crippen LogP contribution is 2.27. The summed E-state index contributed by atoms with van der Waals surface area (Å²) in [4.78, 5) is 11.8. The molecule has 0 aliphatic carbocycles. The minimum atomic E-state index is -0.473. The van der Waals surface area contributed by atoms with E-state index in [1.165, 1.54) is 0 Å². The zero-order chi connectivity index (χ0) is 16.0. The number of methoxy groups -OCH3 is 1. The van der Waals surface area contributed by atoms with Crippen LogP contribution >= 0.6 is 0 Å². The van der Waals surface area contributed by atoms with E-state index in [-0.39, 0.29) is 18.5 Å². The molecule has 21 heavy (non-hydrogen) atoms. The predicted molar refractivity (Wildman–Crippen MR) is 82.6 cm³/mol. The maximum atomic E-state index is 11.8. The summed E-state index contributed by atoms with van der Waals surface area (Å²) < 4.78 is 10.6. The molecule has 0 spiro atoms. The van der Waals surface area contributed by atoms with Crippen molar-refractivity contribution in [2.75, 3.05) is 13.7 Å². The van der Waals surface area contributed by atoms with E-state index in [9.17, 15) is 9.90 Å². The van der Waals surface area contributed by atoms with E-state index in [0.29, 0.717) is 12.8 Å². The Labute approximate surface area is 127 Å². The first-order valence-corrected chi connectivity index (χ1v) is 7.24. The van der Waals surface area contributed by atoms with Gasteiger partial charge in [-0.25, -0.2) is 0 Å². The van der Waals surface area contributed by atoms with E-state index >= 15 is 0 Å². The molecule has 118 valence electrons. The van der Waals surface area contributed by atoms with Crippen LogP contribution in [0.4, 0.5) is 0 Å². The van der Waals surface area contributed by atoms with Crippen LogP contribution < -0.4 is 4.74 Å². The number of carbonyl (C=O) groups is 1. The lowest BCUT2D eigenvalue weighted by molar-refractivity contribution is -0.155. The Morgan fingerprint density at radius 2 is 2.00 bits per heavy atom. The van der Waals surface area contributed by atoms with Gasteiger partial charge in [-0.2, -0.15) is 0 Å². The number of aliphatic hydroxyl groups is 1. The standard InChI is InChI=1S/C17H26O4/c1-12-6-7-13(10-15(12)20-5)14(11-18)8-9-16(19)21-17(2,3)4/h6-7,10,14,18H,8-9,11H2,1-5H3/t14-/m1/s1. The Morgan fingerprint density at radius 3 is 2.52 bits per heavy atom. The highest BCUT2D eigenvalue weighted by atomic mass is 16.6. The third-order valence-electron chi connectivity index (χ3n) is 3.24. The van der Waals surface area contributed by atoms with E-state index in [1.54, 1.807) is 7.11 Å². The second-order valence-electron chi connectivity index (χ2n) is 6.23. The summed E-state index contributed by atoms with van der Waals surface area (Å²) >= 11 is 0. The minimum absolute atomic E-state index is 0.00495. The third-order valence-corrected chi connectivity index (χ3v) is 3.24. The smallest absolute Gasteiger partial charge is 0.306 e. The number of benzene rings is 1. The lowest BCUT2D eigenvalue weighted by Crippen LogP contribution is -2.24. The van der Waals surface area contributed by atoms with Gasteiger partial charge in [0.15, 0.2) is 0 Å². The molecule has 0 amide bonds. The summed E-state index contributed by atoms with van der Waals surface area (Å²) in [5, 5.41) is 9.56. The number of aliphatic hydroxyl groups excluding tert-OH is 1. The largest absolute Gasteiger partial charge is 0.496 e. The van der Waals surface area contributed by atoms with Gasteiger partial charge in [0.05, 0.1) is 7.11 Å². The van der Waals surface area contributed by atoms with E-state index in [1.807, 2.05) is 45.9 Å². The second kappa shape index (κ2) is 7.46. The fraction of sp³-hybridized carbons (Fsp3) is 0.588. The highest BCUT2D eigenvalue weighted by Gasteiger charge is 2.19. The summed E-state index contributed by atoms with van der Waals surface area (Å²) in [6.45, 7) is 7.50. The lowest BCUT2D eigenvalue weighted by Gasteiger charge is -2.21. The average Bonchev–Trinajstić information content (AvgIpc) is 2.39. The molecule has 1 aromatic carbocycles. The lowest BCUT2D eigenvalue weighted by atomic mass is 9.94. The van der Waals surface area contributed by atoms with Crippen LogP contribution in [-0.2, 0) is 9.53 Å². The minimum Gasteiger partial charge on any atom is -0.496 e. The van der Waals surface area contributed by atoms with Gasteiger partial charge in [0.2, 0.25) is 0 Å². The van der Waals surface area contributed by atoms with Gasteiger partial charge in [-0.05, 0) is 51.3 Å². The van der Waals surface area contributed by atoms with Crippen LogP contribution in [0.15, 0.2) is 18.2 Å². The second-order valence-corrected chi connectivity index (χ2v) is 6.23. The average molecular weight is 294 g/mol. The van der Waals surface area contributed by atoms with E-state index in [2.05, 4.69) is 0 Å². The van der Waals surface area contributed by atoms with Crippen molar-refractivity contribution in [2.45, 2.75) is 52.1 Å². The van der Waals surface area contributed by atoms with Gasteiger partial charge in [0.25, 0.3) is 0 Å². The monoisotopic (exact) mass is 294 g/mol. The van der Waals surface area contributed by atoms with Crippen molar-refractivity contribution >= 4 is 5.97 Å². The molecule has 0 fully saturated rings. The molecule has 0 aliphatic heterocycles. The number of ether oxygens (including phenoxy) is 2. The molecule has 1 rings (SSSR count). The van der Waals surface area contributed by atoms with Crippen molar-refractivity contribution in [2.24, 2.45) is 0 Å². The molecule has 0 heterocycles. The quantitative estimate of drug-likeness (QED) is 0.819. The van der Waals surface area contributed by atoms with Gasteiger partial charge >= 0.3 is 5.97 Å². The molecular weight excluding hydrogens is 268 g/mol. The van der Waals surface area contributed by atoms with Crippen molar-refractivity contribution < 1.29 is 19.4 Å². The summed E-state index contributed by atoms with van der Waals surface area (Å²) in [6, 6.07) is 5.85. The molecule has 0 aromatic heterocycles. The van der Waals surface area contributed by atoms with Gasteiger partial charge in [-0.1, -0.05) is 12.1 Å². The number of hydrogen-bond donors (Lipinski definition) is 1. The molecule has 0 unspecified atom stereocenters. The zero-order valence-electron chi connectivity index (χ0n) is 13.6. The van der Waals surface area contributed by atoms with E-state index in [0.717, 1.165) is 16.9 Å². The van der Waals surface area contributed by atoms with Gasteiger partial charge in [-0.3, -0.25) is 4.79 Å². The normalized spacial score (nSPS) is 12.9. The first kappa shape index (κ1) is 17.5. The molecule has 4 nitrogen and oxygen atoms in total. The van der Waals surface area contributed by atoms with Crippen molar-refractivity contribution in [3.05, 3.63) is 29.3 Å².